The van der Waals surface area contributed by atoms with Gasteiger partial charge in [-0.3, -0.25) is 4.79 Å². The van der Waals surface area contributed by atoms with Gasteiger partial charge in [0.1, 0.15) is 4.99 Å². The van der Waals surface area contributed by atoms with Crippen molar-refractivity contribution in [3.8, 4) is 0 Å². The molecule has 0 bridgehead atoms. The summed E-state index contributed by atoms with van der Waals surface area (Å²) in [7, 11) is 1.78. The molecule has 86 valence electrons. The van der Waals surface area contributed by atoms with Crippen LogP contribution in [0.3, 0.4) is 0 Å². The molecule has 0 aliphatic rings. The molecule has 3 nitrogen and oxygen atoms in total. The molecule has 0 saturated carbocycles. The number of benzene rings is 1. The lowest BCUT2D eigenvalue weighted by Gasteiger charge is -2.21. The van der Waals surface area contributed by atoms with Crippen LogP contribution >= 0.6 is 12.2 Å². The Morgan fingerprint density at radius 3 is 2.44 bits per heavy atom. The fourth-order valence-electron chi connectivity index (χ4n) is 1.24. The monoisotopic (exact) mass is 236 g/mol. The summed E-state index contributed by atoms with van der Waals surface area (Å²) in [5, 5.41) is 0. The molecule has 1 aromatic rings. The van der Waals surface area contributed by atoms with Gasteiger partial charge in [-0.05, 0) is 26.0 Å². The van der Waals surface area contributed by atoms with Gasteiger partial charge in [0, 0.05) is 24.2 Å². The van der Waals surface area contributed by atoms with Crippen LogP contribution in [-0.2, 0) is 0 Å². The average molecular weight is 236 g/mol. The van der Waals surface area contributed by atoms with Crippen molar-refractivity contribution in [3.63, 3.8) is 0 Å². The van der Waals surface area contributed by atoms with Crippen molar-refractivity contribution in [2.45, 2.75) is 19.9 Å². The van der Waals surface area contributed by atoms with Crippen molar-refractivity contribution in [3.05, 3.63) is 35.4 Å². The first-order valence-electron chi connectivity index (χ1n) is 5.10. The number of hydrogen-bond donors (Lipinski definition) is 1. The topological polar surface area (TPSA) is 46.3 Å². The summed E-state index contributed by atoms with van der Waals surface area (Å²) < 4.78 is 0. The Labute approximate surface area is 101 Å². The van der Waals surface area contributed by atoms with Gasteiger partial charge in [-0.15, -0.1) is 0 Å². The molecule has 0 unspecified atom stereocenters. The van der Waals surface area contributed by atoms with E-state index in [0.717, 1.165) is 5.56 Å². The molecule has 0 heterocycles. The maximum absolute atomic E-state index is 12.0. The van der Waals surface area contributed by atoms with E-state index >= 15 is 0 Å². The lowest BCUT2D eigenvalue weighted by atomic mass is 10.1. The Kier molecular flexibility index (Phi) is 4.01. The molecule has 0 aromatic heterocycles. The quantitative estimate of drug-likeness (QED) is 0.814. The van der Waals surface area contributed by atoms with E-state index in [4.69, 9.17) is 18.0 Å². The number of nitrogens with two attached hydrogens (primary N) is 1. The fraction of sp³-hybridized carbons (Fsp3) is 0.333. The Morgan fingerprint density at radius 2 is 1.94 bits per heavy atom. The number of rotatable bonds is 3. The van der Waals surface area contributed by atoms with E-state index < -0.39 is 0 Å². The van der Waals surface area contributed by atoms with Crippen molar-refractivity contribution >= 4 is 23.1 Å². The zero-order valence-corrected chi connectivity index (χ0v) is 10.5. The van der Waals surface area contributed by atoms with Crippen LogP contribution in [0.15, 0.2) is 24.3 Å². The van der Waals surface area contributed by atoms with E-state index in [1.54, 1.807) is 36.2 Å². The number of nitrogens with zero attached hydrogens (tertiary/aromatic N) is 1. The third-order valence-corrected chi connectivity index (χ3v) is 2.72. The predicted molar refractivity (Wildman–Crippen MR) is 69.6 cm³/mol. The minimum atomic E-state index is -0.0203. The largest absolute Gasteiger partial charge is 0.389 e. The summed E-state index contributed by atoms with van der Waals surface area (Å²) in [6.45, 7) is 3.94. The van der Waals surface area contributed by atoms with Crippen molar-refractivity contribution in [1.29, 1.82) is 0 Å². The lowest BCUT2D eigenvalue weighted by Crippen LogP contribution is -2.33. The highest BCUT2D eigenvalue weighted by atomic mass is 32.1. The molecule has 0 radical (unpaired) electrons. The third-order valence-electron chi connectivity index (χ3n) is 2.49. The minimum Gasteiger partial charge on any atom is -0.389 e. The molecule has 4 heteroatoms. The summed E-state index contributed by atoms with van der Waals surface area (Å²) in [5.41, 5.74) is 6.86. The van der Waals surface area contributed by atoms with E-state index in [9.17, 15) is 4.79 Å². The molecule has 1 amide bonds. The van der Waals surface area contributed by atoms with E-state index in [-0.39, 0.29) is 11.9 Å². The van der Waals surface area contributed by atoms with Crippen molar-refractivity contribution in [2.24, 2.45) is 5.73 Å². The molecule has 0 spiro atoms. The normalized spacial score (nSPS) is 10.2. The SMILES string of the molecule is CC(C)N(C)C(=O)c1cccc(C(N)=S)c1. The highest BCUT2D eigenvalue weighted by Gasteiger charge is 2.14. The molecule has 0 aliphatic carbocycles. The Balaban J connectivity index is 3.00. The van der Waals surface area contributed by atoms with Crippen LogP contribution in [0, 0.1) is 0 Å². The molecule has 0 saturated heterocycles. The highest BCUT2D eigenvalue weighted by molar-refractivity contribution is 7.80. The van der Waals surface area contributed by atoms with Gasteiger partial charge >= 0.3 is 0 Å². The zero-order valence-electron chi connectivity index (χ0n) is 9.73. The molecular weight excluding hydrogens is 220 g/mol. The Hall–Kier alpha value is -1.42. The number of thiocarbonyl (C=S) groups is 1. The molecular formula is C12H16N2OS. The van der Waals surface area contributed by atoms with Gasteiger partial charge in [-0.2, -0.15) is 0 Å². The second-order valence-corrected chi connectivity index (χ2v) is 4.39. The molecule has 0 atom stereocenters. The van der Waals surface area contributed by atoms with E-state index in [2.05, 4.69) is 0 Å². The van der Waals surface area contributed by atoms with Gasteiger partial charge in [0.25, 0.3) is 5.91 Å². The van der Waals surface area contributed by atoms with Crippen LogP contribution in [0.5, 0.6) is 0 Å². The van der Waals surface area contributed by atoms with E-state index in [1.807, 2.05) is 13.8 Å². The molecule has 2 N–H and O–H groups in total. The summed E-state index contributed by atoms with van der Waals surface area (Å²) in [6.07, 6.45) is 0. The number of hydrogen-bond acceptors (Lipinski definition) is 2. The standard InChI is InChI=1S/C12H16N2OS/c1-8(2)14(3)12(15)10-6-4-5-9(7-10)11(13)16/h4-8H,1-3H3,(H2,13,16). The number of carbonyl (C=O) groups is 1. The Morgan fingerprint density at radius 1 is 1.38 bits per heavy atom. The van der Waals surface area contributed by atoms with Crippen LogP contribution in [0.25, 0.3) is 0 Å². The van der Waals surface area contributed by atoms with Crippen LogP contribution in [0.2, 0.25) is 0 Å². The van der Waals surface area contributed by atoms with Gasteiger partial charge in [0.2, 0.25) is 0 Å². The maximum Gasteiger partial charge on any atom is 0.253 e. The smallest absolute Gasteiger partial charge is 0.253 e. The fourth-order valence-corrected chi connectivity index (χ4v) is 1.37. The first-order valence-corrected chi connectivity index (χ1v) is 5.51. The van der Waals surface area contributed by atoms with Crippen LogP contribution in [-0.4, -0.2) is 28.9 Å². The van der Waals surface area contributed by atoms with Gasteiger partial charge in [0.15, 0.2) is 0 Å². The lowest BCUT2D eigenvalue weighted by molar-refractivity contribution is 0.0755. The second kappa shape index (κ2) is 5.07. The van der Waals surface area contributed by atoms with Gasteiger partial charge in [-0.1, -0.05) is 24.4 Å². The molecule has 0 aliphatic heterocycles. The molecule has 16 heavy (non-hydrogen) atoms. The van der Waals surface area contributed by atoms with Gasteiger partial charge in [-0.25, -0.2) is 0 Å². The first kappa shape index (κ1) is 12.6. The van der Waals surface area contributed by atoms with Crippen LogP contribution < -0.4 is 5.73 Å². The van der Waals surface area contributed by atoms with Crippen molar-refractivity contribution < 1.29 is 4.79 Å². The predicted octanol–water partition coefficient (Wildman–Crippen LogP) is 1.80. The Bertz CT molecular complexity index is 415. The van der Waals surface area contributed by atoms with Crippen molar-refractivity contribution in [1.82, 2.24) is 4.90 Å². The third kappa shape index (κ3) is 2.79. The highest BCUT2D eigenvalue weighted by Crippen LogP contribution is 2.09. The van der Waals surface area contributed by atoms with Crippen LogP contribution in [0.1, 0.15) is 29.8 Å². The molecule has 0 fully saturated rings. The number of carbonyl (C=O) groups excluding carboxylic acids is 1. The summed E-state index contributed by atoms with van der Waals surface area (Å²) in [6, 6.07) is 7.25. The summed E-state index contributed by atoms with van der Waals surface area (Å²) >= 11 is 4.88. The summed E-state index contributed by atoms with van der Waals surface area (Å²) in [5.74, 6) is -0.0203. The van der Waals surface area contributed by atoms with Crippen molar-refractivity contribution in [2.75, 3.05) is 7.05 Å². The van der Waals surface area contributed by atoms with Gasteiger partial charge in [0.05, 0.1) is 0 Å². The van der Waals surface area contributed by atoms with Gasteiger partial charge < -0.3 is 10.6 Å². The first-order chi connectivity index (χ1) is 7.43. The minimum absolute atomic E-state index is 0.0203. The second-order valence-electron chi connectivity index (χ2n) is 3.95. The van der Waals surface area contributed by atoms with Crippen LogP contribution in [0.4, 0.5) is 0 Å². The zero-order chi connectivity index (χ0) is 12.3. The van der Waals surface area contributed by atoms with E-state index in [0.29, 0.717) is 10.6 Å². The molecule has 1 rings (SSSR count). The van der Waals surface area contributed by atoms with E-state index in [1.165, 1.54) is 0 Å². The maximum atomic E-state index is 12.0. The molecule has 1 aromatic carbocycles. The number of amides is 1. The summed E-state index contributed by atoms with van der Waals surface area (Å²) in [4.78, 5) is 14.0. The average Bonchev–Trinajstić information content (AvgIpc) is 2.27.